The van der Waals surface area contributed by atoms with Crippen molar-refractivity contribution in [2.24, 2.45) is 0 Å². The maximum absolute atomic E-state index is 12.9. The molecule has 0 aliphatic rings. The molecule has 0 saturated heterocycles. The molecular weight excluding hydrogens is 373 g/mol. The molecule has 136 valence electrons. The van der Waals surface area contributed by atoms with E-state index < -0.39 is 10.0 Å². The quantitative estimate of drug-likeness (QED) is 0.671. The Morgan fingerprint density at radius 3 is 2.50 bits per heavy atom. The summed E-state index contributed by atoms with van der Waals surface area (Å²) >= 11 is 1.55. The van der Waals surface area contributed by atoms with Gasteiger partial charge in [0.15, 0.2) is 0 Å². The van der Waals surface area contributed by atoms with Crippen molar-refractivity contribution in [1.82, 2.24) is 14.7 Å². The summed E-state index contributed by atoms with van der Waals surface area (Å²) in [6, 6.07) is 9.25. The number of aromatic nitrogens is 2. The van der Waals surface area contributed by atoms with E-state index in [1.807, 2.05) is 19.1 Å². The van der Waals surface area contributed by atoms with Crippen molar-refractivity contribution in [3.63, 3.8) is 0 Å². The van der Waals surface area contributed by atoms with Gasteiger partial charge in [-0.05, 0) is 43.2 Å². The molecule has 8 heteroatoms. The summed E-state index contributed by atoms with van der Waals surface area (Å²) in [4.78, 5) is 9.59. The normalized spacial score (nSPS) is 11.6. The van der Waals surface area contributed by atoms with Crippen LogP contribution in [0, 0.1) is 12.7 Å². The van der Waals surface area contributed by atoms with Crippen molar-refractivity contribution in [3.8, 4) is 10.6 Å². The number of nitrogens with one attached hydrogen (secondary N) is 1. The van der Waals surface area contributed by atoms with E-state index in [0.29, 0.717) is 18.5 Å². The number of aryl methyl sites for hydroxylation is 1. The molecule has 2 aromatic heterocycles. The average molecular weight is 391 g/mol. The zero-order chi connectivity index (χ0) is 18.6. The Bertz CT molecular complexity index is 971. The molecule has 0 atom stereocenters. The number of benzene rings is 1. The smallest absolute Gasteiger partial charge is 0.215 e. The average Bonchev–Trinajstić information content (AvgIpc) is 2.98. The van der Waals surface area contributed by atoms with Gasteiger partial charge in [0.05, 0.1) is 11.4 Å². The molecule has 3 rings (SSSR count). The summed E-state index contributed by atoms with van der Waals surface area (Å²) in [6.45, 7) is 2.21. The first-order valence-corrected chi connectivity index (χ1v) is 10.5. The monoisotopic (exact) mass is 391 g/mol. The highest BCUT2D eigenvalue weighted by atomic mass is 32.2. The van der Waals surface area contributed by atoms with Crippen LogP contribution in [0.25, 0.3) is 10.6 Å². The fourth-order valence-electron chi connectivity index (χ4n) is 2.45. The second-order valence-electron chi connectivity index (χ2n) is 5.79. The number of hydrogen-bond donors (Lipinski definition) is 1. The lowest BCUT2D eigenvalue weighted by Gasteiger charge is -2.06. The maximum atomic E-state index is 12.9. The second kappa shape index (κ2) is 8.03. The van der Waals surface area contributed by atoms with Crippen LogP contribution in [-0.4, -0.2) is 24.9 Å². The van der Waals surface area contributed by atoms with Gasteiger partial charge >= 0.3 is 0 Å². The first kappa shape index (κ1) is 18.6. The van der Waals surface area contributed by atoms with Crippen LogP contribution < -0.4 is 4.72 Å². The largest absolute Gasteiger partial charge is 0.265 e. The number of pyridine rings is 1. The summed E-state index contributed by atoms with van der Waals surface area (Å²) in [5, 5.41) is 0.897. The Morgan fingerprint density at radius 1 is 1.12 bits per heavy atom. The number of halogens is 1. The standard InChI is InChI=1S/C18H18FN3O2S2/c1-13-17(25-18(22-13)15-6-9-20-10-7-15)8-11-21-26(23,24)12-14-2-4-16(19)5-3-14/h2-7,9-10,21H,8,11-12H2,1H3. The fraction of sp³-hybridized carbons (Fsp3) is 0.222. The van der Waals surface area contributed by atoms with Gasteiger partial charge in [0.1, 0.15) is 10.8 Å². The third kappa shape index (κ3) is 4.94. The van der Waals surface area contributed by atoms with Gasteiger partial charge in [-0.2, -0.15) is 0 Å². The molecule has 5 nitrogen and oxygen atoms in total. The maximum Gasteiger partial charge on any atom is 0.215 e. The van der Waals surface area contributed by atoms with Crippen molar-refractivity contribution in [2.45, 2.75) is 19.1 Å². The third-order valence-corrected chi connectivity index (χ3v) is 6.39. The Morgan fingerprint density at radius 2 is 1.81 bits per heavy atom. The van der Waals surface area contributed by atoms with Crippen LogP contribution >= 0.6 is 11.3 Å². The SMILES string of the molecule is Cc1nc(-c2ccncc2)sc1CCNS(=O)(=O)Cc1ccc(F)cc1. The van der Waals surface area contributed by atoms with E-state index in [2.05, 4.69) is 14.7 Å². The molecule has 2 heterocycles. The van der Waals surface area contributed by atoms with E-state index in [-0.39, 0.29) is 11.6 Å². The molecule has 0 saturated carbocycles. The Kier molecular flexibility index (Phi) is 5.75. The van der Waals surface area contributed by atoms with E-state index >= 15 is 0 Å². The zero-order valence-corrected chi connectivity index (χ0v) is 15.8. The van der Waals surface area contributed by atoms with Gasteiger partial charge in [-0.3, -0.25) is 4.98 Å². The second-order valence-corrected chi connectivity index (χ2v) is 8.68. The predicted octanol–water partition coefficient (Wildman–Crippen LogP) is 3.31. The fourth-order valence-corrected chi connectivity index (χ4v) is 4.66. The molecular formula is C18H18FN3O2S2. The van der Waals surface area contributed by atoms with Crippen molar-refractivity contribution in [1.29, 1.82) is 0 Å². The number of hydrogen-bond acceptors (Lipinski definition) is 5. The van der Waals surface area contributed by atoms with E-state index in [1.54, 1.807) is 23.7 Å². The first-order chi connectivity index (χ1) is 12.4. The van der Waals surface area contributed by atoms with E-state index in [1.165, 1.54) is 24.3 Å². The summed E-state index contributed by atoms with van der Waals surface area (Å²) in [5.74, 6) is -0.554. The minimum absolute atomic E-state index is 0.169. The Labute approximate surface area is 156 Å². The lowest BCUT2D eigenvalue weighted by atomic mass is 10.2. The van der Waals surface area contributed by atoms with Crippen molar-refractivity contribution >= 4 is 21.4 Å². The van der Waals surface area contributed by atoms with Crippen molar-refractivity contribution in [2.75, 3.05) is 6.54 Å². The molecule has 0 amide bonds. The number of thiazole rings is 1. The summed E-state index contributed by atoms with van der Waals surface area (Å²) in [7, 11) is -3.47. The van der Waals surface area contributed by atoms with Crippen LogP contribution in [0.2, 0.25) is 0 Å². The molecule has 1 aromatic carbocycles. The number of sulfonamides is 1. The number of rotatable bonds is 7. The first-order valence-electron chi connectivity index (χ1n) is 8.01. The van der Waals surface area contributed by atoms with Crippen LogP contribution in [0.15, 0.2) is 48.8 Å². The third-order valence-electron chi connectivity index (χ3n) is 3.76. The van der Waals surface area contributed by atoms with Gasteiger partial charge < -0.3 is 0 Å². The van der Waals surface area contributed by atoms with Gasteiger partial charge in [-0.1, -0.05) is 12.1 Å². The predicted molar refractivity (Wildman–Crippen MR) is 101 cm³/mol. The van der Waals surface area contributed by atoms with E-state index in [4.69, 9.17) is 0 Å². The molecule has 26 heavy (non-hydrogen) atoms. The lowest BCUT2D eigenvalue weighted by Crippen LogP contribution is -2.27. The van der Waals surface area contributed by atoms with Crippen molar-refractivity contribution < 1.29 is 12.8 Å². The molecule has 3 aromatic rings. The van der Waals surface area contributed by atoms with E-state index in [0.717, 1.165) is 21.1 Å². The van der Waals surface area contributed by atoms with Gasteiger partial charge in [0.25, 0.3) is 0 Å². The highest BCUT2D eigenvalue weighted by molar-refractivity contribution is 7.88. The summed E-state index contributed by atoms with van der Waals surface area (Å²) < 4.78 is 39.8. The summed E-state index contributed by atoms with van der Waals surface area (Å²) in [6.07, 6.45) is 4.00. The van der Waals surface area contributed by atoms with Gasteiger partial charge in [0, 0.05) is 29.4 Å². The van der Waals surface area contributed by atoms with Crippen LogP contribution in [0.1, 0.15) is 16.1 Å². The van der Waals surface area contributed by atoms with Crippen LogP contribution in [0.4, 0.5) is 4.39 Å². The Hall–Kier alpha value is -2.16. The minimum Gasteiger partial charge on any atom is -0.265 e. The van der Waals surface area contributed by atoms with Crippen LogP contribution in [0.5, 0.6) is 0 Å². The van der Waals surface area contributed by atoms with Gasteiger partial charge in [0.2, 0.25) is 10.0 Å². The molecule has 0 aliphatic carbocycles. The summed E-state index contributed by atoms with van der Waals surface area (Å²) in [5.41, 5.74) is 2.45. The van der Waals surface area contributed by atoms with Crippen molar-refractivity contribution in [3.05, 3.63) is 70.7 Å². The van der Waals surface area contributed by atoms with Gasteiger partial charge in [-0.15, -0.1) is 11.3 Å². The molecule has 0 unspecified atom stereocenters. The molecule has 0 bridgehead atoms. The lowest BCUT2D eigenvalue weighted by molar-refractivity contribution is 0.580. The highest BCUT2D eigenvalue weighted by Crippen LogP contribution is 2.27. The Balaban J connectivity index is 1.59. The van der Waals surface area contributed by atoms with E-state index in [9.17, 15) is 12.8 Å². The molecule has 0 fully saturated rings. The van der Waals surface area contributed by atoms with Crippen LogP contribution in [-0.2, 0) is 22.2 Å². The molecule has 0 radical (unpaired) electrons. The molecule has 1 N–H and O–H groups in total. The molecule has 0 spiro atoms. The topological polar surface area (TPSA) is 72.0 Å². The number of nitrogens with zero attached hydrogens (tertiary/aromatic N) is 2. The van der Waals surface area contributed by atoms with Crippen LogP contribution in [0.3, 0.4) is 0 Å². The molecule has 0 aliphatic heterocycles. The zero-order valence-electron chi connectivity index (χ0n) is 14.1. The minimum atomic E-state index is -3.47. The van der Waals surface area contributed by atoms with Gasteiger partial charge in [-0.25, -0.2) is 22.5 Å². The highest BCUT2D eigenvalue weighted by Gasteiger charge is 2.13.